The minimum atomic E-state index is -0.182. The smallest absolute Gasteiger partial charge is 0.409 e. The van der Waals surface area contributed by atoms with Gasteiger partial charge in [-0.3, -0.25) is 0 Å². The highest BCUT2D eigenvalue weighted by Gasteiger charge is 2.23. The molecular weight excluding hydrogens is 288 g/mol. The molecule has 1 aliphatic heterocycles. The van der Waals surface area contributed by atoms with Crippen molar-refractivity contribution in [2.24, 2.45) is 0 Å². The lowest BCUT2D eigenvalue weighted by molar-refractivity contribution is 0.0983. The van der Waals surface area contributed by atoms with Gasteiger partial charge >= 0.3 is 6.09 Å². The molecule has 0 atom stereocenters. The molecule has 1 fully saturated rings. The van der Waals surface area contributed by atoms with E-state index < -0.39 is 0 Å². The fourth-order valence-electron chi connectivity index (χ4n) is 2.67. The molecule has 5 heteroatoms. The predicted octanol–water partition coefficient (Wildman–Crippen LogP) is 3.76. The Balaban J connectivity index is 0.00000220. The number of benzene rings is 1. The van der Waals surface area contributed by atoms with Crippen molar-refractivity contribution in [1.82, 2.24) is 4.90 Å². The zero-order chi connectivity index (χ0) is 14.5. The van der Waals surface area contributed by atoms with E-state index in [0.717, 1.165) is 25.9 Å². The second kappa shape index (κ2) is 8.13. The minimum absolute atomic E-state index is 0. The van der Waals surface area contributed by atoms with Gasteiger partial charge in [0.2, 0.25) is 0 Å². The van der Waals surface area contributed by atoms with Crippen LogP contribution in [-0.4, -0.2) is 36.7 Å². The molecule has 1 aromatic carbocycles. The molecule has 0 aromatic heterocycles. The highest BCUT2D eigenvalue weighted by atomic mass is 35.5. The van der Waals surface area contributed by atoms with Gasteiger partial charge in [0.05, 0.1) is 6.61 Å². The van der Waals surface area contributed by atoms with Crippen LogP contribution in [0.25, 0.3) is 0 Å². The van der Waals surface area contributed by atoms with Crippen LogP contribution in [0.3, 0.4) is 0 Å². The van der Waals surface area contributed by atoms with Crippen molar-refractivity contribution >= 4 is 24.2 Å². The lowest BCUT2D eigenvalue weighted by Gasteiger charge is -2.32. The molecule has 1 aromatic rings. The molecule has 0 spiro atoms. The van der Waals surface area contributed by atoms with Gasteiger partial charge in [-0.25, -0.2) is 4.79 Å². The Morgan fingerprint density at radius 2 is 1.86 bits per heavy atom. The largest absolute Gasteiger partial charge is 0.450 e. The summed E-state index contributed by atoms with van der Waals surface area (Å²) in [4.78, 5) is 13.5. The number of para-hydroxylation sites is 1. The average Bonchev–Trinajstić information content (AvgIpc) is 2.44. The summed E-state index contributed by atoms with van der Waals surface area (Å²) >= 11 is 0. The fraction of sp³-hybridized carbons (Fsp3) is 0.562. The van der Waals surface area contributed by atoms with Crippen LogP contribution in [0.1, 0.15) is 30.9 Å². The van der Waals surface area contributed by atoms with Crippen molar-refractivity contribution in [3.8, 4) is 0 Å². The Labute approximate surface area is 133 Å². The van der Waals surface area contributed by atoms with E-state index >= 15 is 0 Å². The van der Waals surface area contributed by atoms with Gasteiger partial charge in [-0.2, -0.15) is 0 Å². The first-order valence-corrected chi connectivity index (χ1v) is 7.36. The van der Waals surface area contributed by atoms with Crippen molar-refractivity contribution in [2.45, 2.75) is 39.7 Å². The number of carbonyl (C=O) groups excluding carboxylic acids is 1. The number of nitrogens with zero attached hydrogens (tertiary/aromatic N) is 1. The SMILES string of the molecule is CCOC(=O)N1CCC(Nc2c(C)cccc2C)CC1.Cl. The molecule has 1 N–H and O–H groups in total. The third-order valence-electron chi connectivity index (χ3n) is 3.85. The number of likely N-dealkylation sites (tertiary alicyclic amines) is 1. The highest BCUT2D eigenvalue weighted by Crippen LogP contribution is 2.23. The van der Waals surface area contributed by atoms with Crippen LogP contribution in [0.4, 0.5) is 10.5 Å². The maximum atomic E-state index is 11.7. The van der Waals surface area contributed by atoms with Gasteiger partial charge in [0.25, 0.3) is 0 Å². The van der Waals surface area contributed by atoms with E-state index in [1.165, 1.54) is 16.8 Å². The predicted molar refractivity (Wildman–Crippen MR) is 88.4 cm³/mol. The molecule has 0 bridgehead atoms. The number of rotatable bonds is 3. The molecule has 1 saturated heterocycles. The van der Waals surface area contributed by atoms with Gasteiger partial charge in [0.1, 0.15) is 0 Å². The van der Waals surface area contributed by atoms with Crippen molar-refractivity contribution in [3.05, 3.63) is 29.3 Å². The van der Waals surface area contributed by atoms with Crippen LogP contribution >= 0.6 is 12.4 Å². The van der Waals surface area contributed by atoms with Crippen molar-refractivity contribution in [2.75, 3.05) is 25.0 Å². The number of anilines is 1. The summed E-state index contributed by atoms with van der Waals surface area (Å²) in [7, 11) is 0. The number of hydrogen-bond acceptors (Lipinski definition) is 3. The lowest BCUT2D eigenvalue weighted by atomic mass is 10.0. The Morgan fingerprint density at radius 1 is 1.29 bits per heavy atom. The van der Waals surface area contributed by atoms with E-state index in [1.54, 1.807) is 4.90 Å². The zero-order valence-electron chi connectivity index (χ0n) is 13.0. The standard InChI is InChI=1S/C16H24N2O2.ClH/c1-4-20-16(19)18-10-8-14(9-11-18)17-15-12(2)6-5-7-13(15)3;/h5-7,14,17H,4,8-11H2,1-3H3;1H. The van der Waals surface area contributed by atoms with Gasteiger partial charge in [-0.15, -0.1) is 12.4 Å². The number of aryl methyl sites for hydroxylation is 2. The van der Waals surface area contributed by atoms with Gasteiger partial charge in [-0.05, 0) is 44.7 Å². The maximum Gasteiger partial charge on any atom is 0.409 e. The first kappa shape index (κ1) is 17.6. The first-order valence-electron chi connectivity index (χ1n) is 7.36. The molecule has 0 radical (unpaired) electrons. The topological polar surface area (TPSA) is 41.6 Å². The number of hydrogen-bond donors (Lipinski definition) is 1. The molecule has 4 nitrogen and oxygen atoms in total. The van der Waals surface area contributed by atoms with Crippen LogP contribution in [0.15, 0.2) is 18.2 Å². The Hall–Kier alpha value is -1.42. The molecule has 2 rings (SSSR count). The van der Waals surface area contributed by atoms with Crippen LogP contribution < -0.4 is 5.32 Å². The van der Waals surface area contributed by atoms with Gasteiger partial charge in [-0.1, -0.05) is 18.2 Å². The van der Waals surface area contributed by atoms with E-state index in [1.807, 2.05) is 6.92 Å². The second-order valence-electron chi connectivity index (χ2n) is 5.37. The van der Waals surface area contributed by atoms with Crippen molar-refractivity contribution < 1.29 is 9.53 Å². The quantitative estimate of drug-likeness (QED) is 0.924. The third kappa shape index (κ3) is 4.53. The van der Waals surface area contributed by atoms with Crippen LogP contribution in [0.5, 0.6) is 0 Å². The van der Waals surface area contributed by atoms with Crippen molar-refractivity contribution in [3.63, 3.8) is 0 Å². The summed E-state index contributed by atoms with van der Waals surface area (Å²) in [5.41, 5.74) is 3.79. The summed E-state index contributed by atoms with van der Waals surface area (Å²) < 4.78 is 5.04. The molecule has 1 amide bonds. The highest BCUT2D eigenvalue weighted by molar-refractivity contribution is 5.85. The zero-order valence-corrected chi connectivity index (χ0v) is 13.8. The summed E-state index contributed by atoms with van der Waals surface area (Å²) in [6, 6.07) is 6.77. The lowest BCUT2D eigenvalue weighted by Crippen LogP contribution is -2.42. The second-order valence-corrected chi connectivity index (χ2v) is 5.37. The van der Waals surface area contributed by atoms with E-state index in [-0.39, 0.29) is 18.5 Å². The van der Waals surface area contributed by atoms with Gasteiger partial charge in [0, 0.05) is 24.8 Å². The number of halogens is 1. The monoisotopic (exact) mass is 312 g/mol. The van der Waals surface area contributed by atoms with Crippen LogP contribution in [-0.2, 0) is 4.74 Å². The van der Waals surface area contributed by atoms with Crippen molar-refractivity contribution in [1.29, 1.82) is 0 Å². The van der Waals surface area contributed by atoms with Gasteiger partial charge in [0.15, 0.2) is 0 Å². The van der Waals surface area contributed by atoms with Crippen LogP contribution in [0, 0.1) is 13.8 Å². The van der Waals surface area contributed by atoms with E-state index in [0.29, 0.717) is 12.6 Å². The molecule has 1 aliphatic rings. The minimum Gasteiger partial charge on any atom is -0.450 e. The summed E-state index contributed by atoms with van der Waals surface area (Å²) in [6.45, 7) is 8.07. The third-order valence-corrected chi connectivity index (χ3v) is 3.85. The number of carbonyl (C=O) groups is 1. The van der Waals surface area contributed by atoms with E-state index in [4.69, 9.17) is 4.74 Å². The Morgan fingerprint density at radius 3 is 2.38 bits per heavy atom. The molecule has 0 aliphatic carbocycles. The number of nitrogens with one attached hydrogen (secondary N) is 1. The number of ether oxygens (including phenoxy) is 1. The Bertz CT molecular complexity index is 451. The maximum absolute atomic E-state index is 11.7. The molecule has 1 heterocycles. The van der Waals surface area contributed by atoms with E-state index in [9.17, 15) is 4.79 Å². The number of piperidine rings is 1. The summed E-state index contributed by atoms with van der Waals surface area (Å²) in [6.07, 6.45) is 1.75. The number of amides is 1. The normalized spacial score (nSPS) is 15.3. The molecule has 21 heavy (non-hydrogen) atoms. The van der Waals surface area contributed by atoms with E-state index in [2.05, 4.69) is 37.4 Å². The van der Waals surface area contributed by atoms with Gasteiger partial charge < -0.3 is 15.0 Å². The fourth-order valence-corrected chi connectivity index (χ4v) is 2.67. The summed E-state index contributed by atoms with van der Waals surface area (Å²) in [5.74, 6) is 0. The summed E-state index contributed by atoms with van der Waals surface area (Å²) in [5, 5.41) is 3.63. The molecular formula is C16H25ClN2O2. The van der Waals surface area contributed by atoms with Crippen LogP contribution in [0.2, 0.25) is 0 Å². The molecule has 0 unspecified atom stereocenters. The average molecular weight is 313 g/mol. The Kier molecular flexibility index (Phi) is 6.82. The molecule has 118 valence electrons. The molecule has 0 saturated carbocycles. The first-order chi connectivity index (χ1) is 9.61.